The Morgan fingerprint density at radius 2 is 1.43 bits per heavy atom. The number of hydrogen-bond donors (Lipinski definition) is 1. The fraction of sp³-hybridized carbons (Fsp3) is 0.432. The Labute approximate surface area is 269 Å². The third kappa shape index (κ3) is 12.0. The predicted octanol–water partition coefficient (Wildman–Crippen LogP) is 9.79. The maximum Gasteiger partial charge on any atom is 0.470 e. The van der Waals surface area contributed by atoms with Crippen molar-refractivity contribution < 1.29 is 23.4 Å². The molecule has 0 aliphatic heterocycles. The van der Waals surface area contributed by atoms with Crippen LogP contribution in [-0.4, -0.2) is 4.89 Å². The summed E-state index contributed by atoms with van der Waals surface area (Å²) in [5.41, 5.74) is 5.95. The summed E-state index contributed by atoms with van der Waals surface area (Å²) in [6.45, 7) is 4.99. The van der Waals surface area contributed by atoms with Crippen molar-refractivity contribution in [2.75, 3.05) is 0 Å². The molecule has 1 atom stereocenters. The van der Waals surface area contributed by atoms with Crippen molar-refractivity contribution in [3.05, 3.63) is 101 Å². The van der Waals surface area contributed by atoms with Crippen LogP contribution in [-0.2, 0) is 13.0 Å². The highest BCUT2D eigenvalue weighted by Crippen LogP contribution is 2.50. The molecule has 0 amide bonds. The van der Waals surface area contributed by atoms with Gasteiger partial charge < -0.3 is 4.89 Å². The number of rotatable bonds is 20. The Balaban J connectivity index is 1.30. The molecule has 1 aromatic heterocycles. The summed E-state index contributed by atoms with van der Waals surface area (Å²) in [5.74, 6) is 0.631. The highest BCUT2D eigenvalue weighted by Gasteiger charge is 2.32. The molecule has 44 heavy (non-hydrogen) atoms. The van der Waals surface area contributed by atoms with Crippen molar-refractivity contribution in [1.29, 1.82) is 0 Å². The lowest BCUT2D eigenvalue weighted by molar-refractivity contribution is -0.683. The van der Waals surface area contributed by atoms with Crippen molar-refractivity contribution >= 4 is 19.5 Å². The van der Waals surface area contributed by atoms with Crippen molar-refractivity contribution in [2.24, 2.45) is 0 Å². The van der Waals surface area contributed by atoms with E-state index in [1.54, 1.807) is 29.5 Å². The van der Waals surface area contributed by atoms with Crippen molar-refractivity contribution in [1.82, 2.24) is 0 Å². The van der Waals surface area contributed by atoms with Gasteiger partial charge in [-0.05, 0) is 55.2 Å². The number of phosphoric ester groups is 1. The zero-order valence-electron chi connectivity index (χ0n) is 26.5. The Morgan fingerprint density at radius 1 is 0.750 bits per heavy atom. The van der Waals surface area contributed by atoms with Gasteiger partial charge in [-0.15, -0.1) is 0 Å². The SMILES string of the molecule is CCCCCCCCCCCCCCc1ccc(O[P+]([O-])(O)Oc2cccc(C[n+]3csc(C)c3)c2)c(-c2ccccc2)c1. The molecule has 4 aromatic rings. The minimum Gasteiger partial charge on any atom is -0.591 e. The van der Waals surface area contributed by atoms with E-state index in [0.717, 1.165) is 29.5 Å². The molecule has 1 unspecified atom stereocenters. The van der Waals surface area contributed by atoms with Gasteiger partial charge in [0.25, 0.3) is 0 Å². The highest BCUT2D eigenvalue weighted by molar-refractivity contribution is 7.53. The topological polar surface area (TPSA) is 65.6 Å². The van der Waals surface area contributed by atoms with Gasteiger partial charge in [-0.25, -0.2) is 0 Å². The van der Waals surface area contributed by atoms with Crippen LogP contribution in [0.15, 0.2) is 84.5 Å². The largest absolute Gasteiger partial charge is 0.591 e. The standard InChI is InChI=1S/C37H48NO4PS/c1-3-4-5-6-7-8-9-10-11-12-13-15-19-32-24-25-37(36(27-32)34-21-16-14-17-22-34)42-43(39,40)41-35-23-18-20-33(26-35)29-38-28-31(2)44-30-38/h14,16-18,20-28,30H,3-13,15,19,29H2,1-2H3/p+1. The normalized spacial score (nSPS) is 12.6. The van der Waals surface area contributed by atoms with Crippen LogP contribution in [0.4, 0.5) is 0 Å². The number of hydrogen-bond acceptors (Lipinski definition) is 5. The highest BCUT2D eigenvalue weighted by atomic mass is 32.1. The number of benzene rings is 3. The maximum absolute atomic E-state index is 13.2. The summed E-state index contributed by atoms with van der Waals surface area (Å²) >= 11 is 1.68. The first kappa shape index (κ1) is 34.1. The van der Waals surface area contributed by atoms with Gasteiger partial charge in [0.05, 0.1) is 4.88 Å². The molecule has 3 aromatic carbocycles. The lowest BCUT2D eigenvalue weighted by Gasteiger charge is -2.22. The number of aromatic nitrogens is 1. The van der Waals surface area contributed by atoms with E-state index in [4.69, 9.17) is 9.05 Å². The quantitative estimate of drug-likeness (QED) is 0.0597. The van der Waals surface area contributed by atoms with E-state index < -0.39 is 8.17 Å². The molecule has 0 aliphatic carbocycles. The monoisotopic (exact) mass is 634 g/mol. The molecule has 0 fully saturated rings. The molecule has 0 radical (unpaired) electrons. The number of unbranched alkanes of at least 4 members (excludes halogenated alkanes) is 11. The van der Waals surface area contributed by atoms with Gasteiger partial charge in [0.2, 0.25) is 5.51 Å². The van der Waals surface area contributed by atoms with Gasteiger partial charge >= 0.3 is 8.17 Å². The number of thiazole rings is 1. The van der Waals surface area contributed by atoms with Gasteiger partial charge in [0.15, 0.2) is 24.2 Å². The molecular formula is C37H49NO4PS+. The Kier molecular flexibility index (Phi) is 14.2. The lowest BCUT2D eigenvalue weighted by Crippen LogP contribution is -2.30. The molecule has 1 N–H and O–H groups in total. The smallest absolute Gasteiger partial charge is 0.470 e. The summed E-state index contributed by atoms with van der Waals surface area (Å²) in [6, 6.07) is 23.0. The summed E-state index contributed by atoms with van der Waals surface area (Å²) in [5, 5.41) is 0. The van der Waals surface area contributed by atoms with E-state index in [-0.39, 0.29) is 0 Å². The van der Waals surface area contributed by atoms with E-state index in [0.29, 0.717) is 18.0 Å². The third-order valence-corrected chi connectivity index (χ3v) is 9.59. The zero-order chi connectivity index (χ0) is 31.0. The number of aryl methyl sites for hydroxylation is 2. The number of nitrogens with zero attached hydrogens (tertiary/aromatic N) is 1. The first-order valence-corrected chi connectivity index (χ1v) is 18.7. The fourth-order valence-electron chi connectivity index (χ4n) is 5.54. The second-order valence-corrected chi connectivity index (χ2v) is 14.2. The fourth-order valence-corrected chi connectivity index (χ4v) is 7.00. The van der Waals surface area contributed by atoms with Crippen LogP contribution in [0.2, 0.25) is 0 Å². The van der Waals surface area contributed by atoms with Gasteiger partial charge in [-0.3, -0.25) is 9.05 Å². The van der Waals surface area contributed by atoms with E-state index >= 15 is 0 Å². The minimum absolute atomic E-state index is 0.297. The Hall–Kier alpha value is -2.76. The summed E-state index contributed by atoms with van der Waals surface area (Å²) in [4.78, 5) is 25.2. The summed E-state index contributed by atoms with van der Waals surface area (Å²) < 4.78 is 13.3. The first-order valence-electron chi connectivity index (χ1n) is 16.4. The minimum atomic E-state index is -4.45. The van der Waals surface area contributed by atoms with Crippen molar-refractivity contribution in [3.63, 3.8) is 0 Å². The number of phosphoric acid groups is 1. The van der Waals surface area contributed by atoms with Crippen LogP contribution in [0.25, 0.3) is 11.1 Å². The molecule has 0 aliphatic rings. The molecule has 7 heteroatoms. The molecule has 5 nitrogen and oxygen atoms in total. The van der Waals surface area contributed by atoms with Crippen LogP contribution < -0.4 is 18.5 Å². The molecule has 4 rings (SSSR count). The summed E-state index contributed by atoms with van der Waals surface area (Å²) in [6.07, 6.45) is 19.0. The molecule has 0 spiro atoms. The molecule has 0 saturated carbocycles. The van der Waals surface area contributed by atoms with E-state index in [9.17, 15) is 9.79 Å². The second-order valence-electron chi connectivity index (χ2n) is 11.8. The van der Waals surface area contributed by atoms with Crippen molar-refractivity contribution in [2.45, 2.75) is 104 Å². The zero-order valence-corrected chi connectivity index (χ0v) is 28.2. The molecule has 0 saturated heterocycles. The van der Waals surface area contributed by atoms with Crippen LogP contribution in [0.3, 0.4) is 0 Å². The van der Waals surface area contributed by atoms with Gasteiger partial charge in [-0.1, -0.05) is 137 Å². The molecular weight excluding hydrogens is 585 g/mol. The van der Waals surface area contributed by atoms with Crippen molar-refractivity contribution in [3.8, 4) is 22.6 Å². The molecule has 0 bridgehead atoms. The van der Waals surface area contributed by atoms with Crippen LogP contribution in [0.1, 0.15) is 100.0 Å². The average Bonchev–Trinajstić information content (AvgIpc) is 3.42. The van der Waals surface area contributed by atoms with Crippen LogP contribution in [0, 0.1) is 6.92 Å². The molecule has 1 heterocycles. The Bertz CT molecular complexity index is 1390. The van der Waals surface area contributed by atoms with Crippen LogP contribution >= 0.6 is 19.5 Å². The van der Waals surface area contributed by atoms with Gasteiger partial charge in [0.1, 0.15) is 0 Å². The van der Waals surface area contributed by atoms with Gasteiger partial charge in [-0.2, -0.15) is 9.46 Å². The second kappa shape index (κ2) is 18.3. The summed E-state index contributed by atoms with van der Waals surface area (Å²) in [7, 11) is -4.45. The molecule has 236 valence electrons. The average molecular weight is 635 g/mol. The predicted molar refractivity (Wildman–Crippen MR) is 182 cm³/mol. The maximum atomic E-state index is 13.2. The van der Waals surface area contributed by atoms with E-state index in [2.05, 4.69) is 36.2 Å². The Morgan fingerprint density at radius 3 is 2.09 bits per heavy atom. The van der Waals surface area contributed by atoms with E-state index in [1.807, 2.05) is 48.5 Å². The third-order valence-electron chi connectivity index (χ3n) is 7.87. The lowest BCUT2D eigenvalue weighted by atomic mass is 9.98. The van der Waals surface area contributed by atoms with Gasteiger partial charge in [0, 0.05) is 11.1 Å². The first-order chi connectivity index (χ1) is 21.4. The van der Waals surface area contributed by atoms with E-state index in [1.165, 1.54) is 81.1 Å². The van der Waals surface area contributed by atoms with Crippen LogP contribution in [0.5, 0.6) is 11.5 Å².